The summed E-state index contributed by atoms with van der Waals surface area (Å²) in [5, 5.41) is 17.5. The zero-order chi connectivity index (χ0) is 16.3. The van der Waals surface area contributed by atoms with Crippen LogP contribution in [-0.2, 0) is 11.3 Å². The summed E-state index contributed by atoms with van der Waals surface area (Å²) in [6.07, 6.45) is 2.23. The third-order valence-electron chi connectivity index (χ3n) is 2.94. The summed E-state index contributed by atoms with van der Waals surface area (Å²) in [5.74, 6) is 0.590. The molecule has 1 amide bonds. The zero-order valence-electron chi connectivity index (χ0n) is 12.6. The molecule has 0 spiro atoms. The fourth-order valence-corrected chi connectivity index (χ4v) is 2.30. The summed E-state index contributed by atoms with van der Waals surface area (Å²) < 4.78 is 6.90. The lowest BCUT2D eigenvalue weighted by molar-refractivity contribution is -0.105. The van der Waals surface area contributed by atoms with Crippen LogP contribution >= 0.6 is 11.6 Å². The van der Waals surface area contributed by atoms with E-state index >= 15 is 0 Å². The molecule has 0 atom stereocenters. The minimum atomic E-state index is -0.930. The standard InChI is InChI=1S/C15H18ClN3O3/c1-15(2,21)8-19-7-12(17-9-20)14(18-19)11-6-10(16)4-5-13(11)22-3/h4-7,9,21H,8H2,1-3H3,(H,17,20). The largest absolute Gasteiger partial charge is 0.496 e. The van der Waals surface area contributed by atoms with Gasteiger partial charge in [-0.3, -0.25) is 9.48 Å². The van der Waals surface area contributed by atoms with Crippen LogP contribution in [0.15, 0.2) is 24.4 Å². The normalized spacial score (nSPS) is 11.3. The first-order valence-electron chi connectivity index (χ1n) is 6.68. The summed E-state index contributed by atoms with van der Waals surface area (Å²) in [7, 11) is 1.55. The van der Waals surface area contributed by atoms with Crippen molar-refractivity contribution in [1.82, 2.24) is 9.78 Å². The smallest absolute Gasteiger partial charge is 0.211 e. The molecule has 0 saturated carbocycles. The van der Waals surface area contributed by atoms with Gasteiger partial charge in [0, 0.05) is 16.8 Å². The third kappa shape index (κ3) is 3.78. The maximum absolute atomic E-state index is 10.8. The molecule has 1 aromatic heterocycles. The van der Waals surface area contributed by atoms with E-state index in [4.69, 9.17) is 16.3 Å². The molecule has 118 valence electrons. The van der Waals surface area contributed by atoms with E-state index in [1.54, 1.807) is 50.0 Å². The number of carbonyl (C=O) groups excluding carboxylic acids is 1. The summed E-state index contributed by atoms with van der Waals surface area (Å²) in [4.78, 5) is 10.8. The molecule has 2 aromatic rings. The number of halogens is 1. The predicted molar refractivity (Wildman–Crippen MR) is 85.2 cm³/mol. The van der Waals surface area contributed by atoms with E-state index in [1.807, 2.05) is 0 Å². The van der Waals surface area contributed by atoms with E-state index in [-0.39, 0.29) is 6.54 Å². The first-order chi connectivity index (χ1) is 10.3. The highest BCUT2D eigenvalue weighted by molar-refractivity contribution is 6.31. The van der Waals surface area contributed by atoms with Crippen LogP contribution in [-0.4, -0.2) is 34.0 Å². The second-order valence-corrected chi connectivity index (χ2v) is 5.94. The van der Waals surface area contributed by atoms with Crippen LogP contribution in [0.2, 0.25) is 5.02 Å². The van der Waals surface area contributed by atoms with Gasteiger partial charge in [0.2, 0.25) is 6.41 Å². The lowest BCUT2D eigenvalue weighted by Crippen LogP contribution is -2.26. The summed E-state index contributed by atoms with van der Waals surface area (Å²) in [6.45, 7) is 3.64. The number of aromatic nitrogens is 2. The number of rotatable bonds is 6. The van der Waals surface area contributed by atoms with Crippen LogP contribution in [0.1, 0.15) is 13.8 Å². The number of amides is 1. The van der Waals surface area contributed by atoms with Gasteiger partial charge in [-0.15, -0.1) is 0 Å². The van der Waals surface area contributed by atoms with Gasteiger partial charge in [-0.1, -0.05) is 11.6 Å². The van der Waals surface area contributed by atoms with Gasteiger partial charge in [-0.2, -0.15) is 5.10 Å². The Kier molecular flexibility index (Phi) is 4.73. The third-order valence-corrected chi connectivity index (χ3v) is 3.18. The summed E-state index contributed by atoms with van der Waals surface area (Å²) in [5.41, 5.74) is 0.768. The molecule has 22 heavy (non-hydrogen) atoms. The average Bonchev–Trinajstić information content (AvgIpc) is 2.79. The quantitative estimate of drug-likeness (QED) is 0.801. The van der Waals surface area contributed by atoms with Gasteiger partial charge in [0.1, 0.15) is 11.4 Å². The van der Waals surface area contributed by atoms with Crippen LogP contribution in [0, 0.1) is 0 Å². The van der Waals surface area contributed by atoms with E-state index in [2.05, 4.69) is 10.4 Å². The number of carbonyl (C=O) groups is 1. The van der Waals surface area contributed by atoms with E-state index in [1.165, 1.54) is 0 Å². The van der Waals surface area contributed by atoms with Crippen molar-refractivity contribution in [2.24, 2.45) is 0 Å². The van der Waals surface area contributed by atoms with Crippen molar-refractivity contribution in [1.29, 1.82) is 0 Å². The molecule has 0 radical (unpaired) electrons. The van der Waals surface area contributed by atoms with Crippen LogP contribution in [0.4, 0.5) is 5.69 Å². The number of aliphatic hydroxyl groups is 1. The Hall–Kier alpha value is -2.05. The lowest BCUT2D eigenvalue weighted by Gasteiger charge is -2.16. The molecule has 7 heteroatoms. The Morgan fingerprint density at radius 3 is 2.82 bits per heavy atom. The summed E-state index contributed by atoms with van der Waals surface area (Å²) >= 11 is 6.05. The molecule has 2 rings (SSSR count). The van der Waals surface area contributed by atoms with Gasteiger partial charge in [0.25, 0.3) is 0 Å². The van der Waals surface area contributed by atoms with Crippen LogP contribution in [0.3, 0.4) is 0 Å². The van der Waals surface area contributed by atoms with E-state index in [0.717, 1.165) is 0 Å². The molecule has 0 saturated heterocycles. The van der Waals surface area contributed by atoms with Crippen molar-refractivity contribution in [2.75, 3.05) is 12.4 Å². The maximum Gasteiger partial charge on any atom is 0.211 e. The first-order valence-corrected chi connectivity index (χ1v) is 7.06. The number of methoxy groups -OCH3 is 1. The van der Waals surface area contributed by atoms with Crippen LogP contribution in [0.5, 0.6) is 5.75 Å². The number of hydrogen-bond donors (Lipinski definition) is 2. The molecule has 0 aliphatic carbocycles. The number of nitrogens with one attached hydrogen (secondary N) is 1. The molecule has 2 N–H and O–H groups in total. The minimum Gasteiger partial charge on any atom is -0.496 e. The second kappa shape index (κ2) is 6.37. The van der Waals surface area contributed by atoms with Gasteiger partial charge < -0.3 is 15.2 Å². The monoisotopic (exact) mass is 323 g/mol. The molecule has 0 aliphatic rings. The van der Waals surface area contributed by atoms with E-state index in [0.29, 0.717) is 34.1 Å². The first kappa shape index (κ1) is 16.3. The van der Waals surface area contributed by atoms with E-state index < -0.39 is 5.60 Å². The highest BCUT2D eigenvalue weighted by Gasteiger charge is 2.19. The Morgan fingerprint density at radius 1 is 1.50 bits per heavy atom. The second-order valence-electron chi connectivity index (χ2n) is 5.51. The number of ether oxygens (including phenoxy) is 1. The Balaban J connectivity index is 2.53. The molecule has 1 aromatic carbocycles. The van der Waals surface area contributed by atoms with Crippen molar-refractivity contribution in [3.05, 3.63) is 29.4 Å². The highest BCUT2D eigenvalue weighted by atomic mass is 35.5. The number of benzene rings is 1. The fourth-order valence-electron chi connectivity index (χ4n) is 2.13. The molecule has 0 unspecified atom stereocenters. The number of hydrogen-bond acceptors (Lipinski definition) is 4. The van der Waals surface area contributed by atoms with Crippen molar-refractivity contribution < 1.29 is 14.6 Å². The highest BCUT2D eigenvalue weighted by Crippen LogP contribution is 2.35. The molecular weight excluding hydrogens is 306 g/mol. The van der Waals surface area contributed by atoms with Crippen LogP contribution < -0.4 is 10.1 Å². The molecule has 0 fully saturated rings. The van der Waals surface area contributed by atoms with Crippen molar-refractivity contribution in [3.8, 4) is 17.0 Å². The maximum atomic E-state index is 10.8. The van der Waals surface area contributed by atoms with Crippen molar-refractivity contribution in [2.45, 2.75) is 26.0 Å². The SMILES string of the molecule is COc1ccc(Cl)cc1-c1nn(CC(C)(C)O)cc1NC=O. The molecule has 0 bridgehead atoms. The average molecular weight is 324 g/mol. The van der Waals surface area contributed by atoms with Gasteiger partial charge >= 0.3 is 0 Å². The van der Waals surface area contributed by atoms with Crippen LogP contribution in [0.25, 0.3) is 11.3 Å². The van der Waals surface area contributed by atoms with Crippen molar-refractivity contribution in [3.63, 3.8) is 0 Å². The van der Waals surface area contributed by atoms with E-state index in [9.17, 15) is 9.90 Å². The Labute approximate surface area is 133 Å². The van der Waals surface area contributed by atoms with Gasteiger partial charge in [0.15, 0.2) is 0 Å². The van der Waals surface area contributed by atoms with Crippen molar-refractivity contribution >= 4 is 23.7 Å². The summed E-state index contributed by atoms with van der Waals surface area (Å²) in [6, 6.07) is 5.16. The Morgan fingerprint density at radius 2 is 2.23 bits per heavy atom. The van der Waals surface area contributed by atoms with Gasteiger partial charge in [-0.25, -0.2) is 0 Å². The lowest BCUT2D eigenvalue weighted by atomic mass is 10.1. The molecule has 6 nitrogen and oxygen atoms in total. The number of anilines is 1. The predicted octanol–water partition coefficient (Wildman–Crippen LogP) is 2.55. The minimum absolute atomic E-state index is 0.281. The Bertz CT molecular complexity index is 677. The molecular formula is C15H18ClN3O3. The molecule has 0 aliphatic heterocycles. The topological polar surface area (TPSA) is 76.4 Å². The zero-order valence-corrected chi connectivity index (χ0v) is 13.4. The number of nitrogens with zero attached hydrogens (tertiary/aromatic N) is 2. The fraction of sp³-hybridized carbons (Fsp3) is 0.333. The van der Waals surface area contributed by atoms with Gasteiger partial charge in [0.05, 0.1) is 24.9 Å². The molecule has 1 heterocycles. The van der Waals surface area contributed by atoms with Gasteiger partial charge in [-0.05, 0) is 32.0 Å².